The third-order valence-corrected chi connectivity index (χ3v) is 5.34. The maximum atomic E-state index is 12.7. The second-order valence-electron chi connectivity index (χ2n) is 8.62. The number of carbonyl (C=O) groups excluding carboxylic acids is 3. The van der Waals surface area contributed by atoms with Crippen molar-refractivity contribution in [3.8, 4) is 0 Å². The number of ether oxygens (including phenoxy) is 2. The standard InChI is InChI=1S/C20H30N4O5/c1-20(2,3)29-19(27)23-9-6-14(7-10-23)5-8-22-11-12-24-16(17(22)25)13-15(21-24)18(26)28-4/h13-14H,5-12H2,1-4H3. The molecule has 0 spiro atoms. The van der Waals surface area contributed by atoms with E-state index in [9.17, 15) is 14.4 Å². The van der Waals surface area contributed by atoms with Crippen LogP contribution in [0.5, 0.6) is 0 Å². The lowest BCUT2D eigenvalue weighted by molar-refractivity contribution is 0.0178. The zero-order valence-electron chi connectivity index (χ0n) is 17.6. The van der Waals surface area contributed by atoms with Crippen LogP contribution in [-0.4, -0.2) is 76.4 Å². The molecule has 0 unspecified atom stereocenters. The number of nitrogens with zero attached hydrogens (tertiary/aromatic N) is 4. The van der Waals surface area contributed by atoms with Crippen LogP contribution < -0.4 is 0 Å². The maximum Gasteiger partial charge on any atom is 0.410 e. The second-order valence-corrected chi connectivity index (χ2v) is 8.62. The number of esters is 1. The molecule has 9 heteroatoms. The number of aromatic nitrogens is 2. The average Bonchev–Trinajstić information content (AvgIpc) is 3.11. The first-order valence-electron chi connectivity index (χ1n) is 10.1. The topological polar surface area (TPSA) is 94.0 Å². The summed E-state index contributed by atoms with van der Waals surface area (Å²) in [7, 11) is 1.29. The number of piperidine rings is 1. The van der Waals surface area contributed by atoms with Gasteiger partial charge in [-0.15, -0.1) is 0 Å². The van der Waals surface area contributed by atoms with E-state index in [-0.39, 0.29) is 17.7 Å². The van der Waals surface area contributed by atoms with Crippen LogP contribution in [0.25, 0.3) is 0 Å². The van der Waals surface area contributed by atoms with Gasteiger partial charge in [0.2, 0.25) is 0 Å². The van der Waals surface area contributed by atoms with E-state index in [4.69, 9.17) is 4.74 Å². The molecule has 3 heterocycles. The summed E-state index contributed by atoms with van der Waals surface area (Å²) in [6.07, 6.45) is 2.46. The molecule has 1 aromatic heterocycles. The quantitative estimate of drug-likeness (QED) is 0.712. The summed E-state index contributed by atoms with van der Waals surface area (Å²) >= 11 is 0. The molecule has 9 nitrogen and oxygen atoms in total. The van der Waals surface area contributed by atoms with Crippen molar-refractivity contribution in [3.05, 3.63) is 17.5 Å². The van der Waals surface area contributed by atoms with Crippen LogP contribution in [0, 0.1) is 5.92 Å². The van der Waals surface area contributed by atoms with Crippen LogP contribution in [0.1, 0.15) is 61.0 Å². The fourth-order valence-electron chi connectivity index (χ4n) is 3.73. The van der Waals surface area contributed by atoms with Crippen LogP contribution in [0.2, 0.25) is 0 Å². The van der Waals surface area contributed by atoms with E-state index < -0.39 is 11.6 Å². The average molecular weight is 406 g/mol. The number of hydrogen-bond donors (Lipinski definition) is 0. The van der Waals surface area contributed by atoms with Gasteiger partial charge in [-0.1, -0.05) is 0 Å². The molecule has 3 rings (SSSR count). The monoisotopic (exact) mass is 406 g/mol. The lowest BCUT2D eigenvalue weighted by Gasteiger charge is -2.34. The van der Waals surface area contributed by atoms with Crippen LogP contribution in [0.15, 0.2) is 6.07 Å². The van der Waals surface area contributed by atoms with Gasteiger partial charge in [0, 0.05) is 32.2 Å². The van der Waals surface area contributed by atoms with E-state index in [1.165, 1.54) is 13.2 Å². The first-order valence-corrected chi connectivity index (χ1v) is 10.1. The summed E-state index contributed by atoms with van der Waals surface area (Å²) in [5.41, 5.74) is 0.103. The highest BCUT2D eigenvalue weighted by Crippen LogP contribution is 2.24. The molecule has 0 atom stereocenters. The van der Waals surface area contributed by atoms with Gasteiger partial charge in [0.05, 0.1) is 13.7 Å². The van der Waals surface area contributed by atoms with Gasteiger partial charge < -0.3 is 19.3 Å². The van der Waals surface area contributed by atoms with Crippen molar-refractivity contribution < 1.29 is 23.9 Å². The number of fused-ring (bicyclic) bond motifs is 1. The summed E-state index contributed by atoms with van der Waals surface area (Å²) in [4.78, 5) is 40.1. The van der Waals surface area contributed by atoms with E-state index in [0.29, 0.717) is 44.3 Å². The number of amides is 2. The van der Waals surface area contributed by atoms with Crippen molar-refractivity contribution in [2.75, 3.05) is 33.3 Å². The number of carbonyl (C=O) groups is 3. The van der Waals surface area contributed by atoms with E-state index in [0.717, 1.165) is 19.3 Å². The number of likely N-dealkylation sites (tertiary alicyclic amines) is 1. The maximum absolute atomic E-state index is 12.7. The second kappa shape index (κ2) is 8.42. The van der Waals surface area contributed by atoms with Crippen molar-refractivity contribution in [3.63, 3.8) is 0 Å². The van der Waals surface area contributed by atoms with Gasteiger partial charge in [-0.2, -0.15) is 5.10 Å². The van der Waals surface area contributed by atoms with Gasteiger partial charge in [0.1, 0.15) is 11.3 Å². The predicted molar refractivity (Wildman–Crippen MR) is 105 cm³/mol. The predicted octanol–water partition coefficient (Wildman–Crippen LogP) is 2.16. The van der Waals surface area contributed by atoms with Crippen LogP contribution in [0.4, 0.5) is 4.79 Å². The smallest absolute Gasteiger partial charge is 0.410 e. The Morgan fingerprint density at radius 1 is 1.17 bits per heavy atom. The Hall–Kier alpha value is -2.58. The molecule has 0 radical (unpaired) electrons. The first-order chi connectivity index (χ1) is 13.7. The first kappa shape index (κ1) is 21.1. The van der Waals surface area contributed by atoms with Gasteiger partial charge in [-0.25, -0.2) is 9.59 Å². The highest BCUT2D eigenvalue weighted by Gasteiger charge is 2.30. The molecular weight excluding hydrogens is 376 g/mol. The van der Waals surface area contributed by atoms with Crippen molar-refractivity contribution in [2.24, 2.45) is 5.92 Å². The number of rotatable bonds is 4. The van der Waals surface area contributed by atoms with Gasteiger partial charge in [-0.3, -0.25) is 9.48 Å². The Morgan fingerprint density at radius 2 is 1.86 bits per heavy atom. The minimum atomic E-state index is -0.539. The van der Waals surface area contributed by atoms with Gasteiger partial charge in [-0.05, 0) is 46.0 Å². The molecule has 1 fully saturated rings. The zero-order valence-corrected chi connectivity index (χ0v) is 17.6. The third-order valence-electron chi connectivity index (χ3n) is 5.34. The third kappa shape index (κ3) is 5.07. The molecule has 1 saturated heterocycles. The van der Waals surface area contributed by atoms with E-state index in [1.807, 2.05) is 25.7 Å². The van der Waals surface area contributed by atoms with Crippen LogP contribution >= 0.6 is 0 Å². The zero-order chi connectivity index (χ0) is 21.2. The minimum Gasteiger partial charge on any atom is -0.464 e. The number of hydrogen-bond acceptors (Lipinski definition) is 6. The number of methoxy groups -OCH3 is 1. The lowest BCUT2D eigenvalue weighted by Crippen LogP contribution is -2.43. The fraction of sp³-hybridized carbons (Fsp3) is 0.700. The molecule has 0 bridgehead atoms. The summed E-state index contributed by atoms with van der Waals surface area (Å²) < 4.78 is 11.7. The highest BCUT2D eigenvalue weighted by molar-refractivity contribution is 5.96. The molecule has 0 aliphatic carbocycles. The Labute approximate surface area is 170 Å². The molecule has 29 heavy (non-hydrogen) atoms. The van der Waals surface area contributed by atoms with E-state index >= 15 is 0 Å². The van der Waals surface area contributed by atoms with Crippen molar-refractivity contribution in [2.45, 2.75) is 52.2 Å². The molecule has 0 N–H and O–H groups in total. The largest absolute Gasteiger partial charge is 0.464 e. The molecule has 2 aliphatic rings. The van der Waals surface area contributed by atoms with Gasteiger partial charge in [0.25, 0.3) is 5.91 Å². The molecule has 160 valence electrons. The highest BCUT2D eigenvalue weighted by atomic mass is 16.6. The van der Waals surface area contributed by atoms with Crippen molar-refractivity contribution in [1.29, 1.82) is 0 Å². The Balaban J connectivity index is 1.48. The Bertz CT molecular complexity index is 774. The molecule has 0 saturated carbocycles. The van der Waals surface area contributed by atoms with Gasteiger partial charge in [0.15, 0.2) is 5.69 Å². The Morgan fingerprint density at radius 3 is 2.48 bits per heavy atom. The van der Waals surface area contributed by atoms with Crippen molar-refractivity contribution in [1.82, 2.24) is 19.6 Å². The summed E-state index contributed by atoms with van der Waals surface area (Å²) in [6, 6.07) is 1.50. The minimum absolute atomic E-state index is 0.106. The SMILES string of the molecule is COC(=O)c1cc2n(n1)CCN(CCC1CCN(C(=O)OC(C)(C)C)CC1)C2=O. The molecule has 2 aliphatic heterocycles. The summed E-state index contributed by atoms with van der Waals surface area (Å²) in [6.45, 7) is 8.77. The van der Waals surface area contributed by atoms with E-state index in [1.54, 1.807) is 9.58 Å². The van der Waals surface area contributed by atoms with E-state index in [2.05, 4.69) is 9.84 Å². The molecule has 1 aromatic rings. The van der Waals surface area contributed by atoms with Crippen LogP contribution in [-0.2, 0) is 16.0 Å². The fourth-order valence-corrected chi connectivity index (χ4v) is 3.73. The molecule has 2 amide bonds. The van der Waals surface area contributed by atoms with Crippen LogP contribution in [0.3, 0.4) is 0 Å². The Kier molecular flexibility index (Phi) is 6.14. The summed E-state index contributed by atoms with van der Waals surface area (Å²) in [5.74, 6) is -0.174. The molecular formula is C20H30N4O5. The van der Waals surface area contributed by atoms with Gasteiger partial charge >= 0.3 is 12.1 Å². The molecule has 0 aromatic carbocycles. The normalized spacial score (nSPS) is 17.9. The van der Waals surface area contributed by atoms with Crippen molar-refractivity contribution >= 4 is 18.0 Å². The summed E-state index contributed by atoms with van der Waals surface area (Å²) in [5, 5.41) is 4.15. The lowest BCUT2D eigenvalue weighted by atomic mass is 9.93.